The van der Waals surface area contributed by atoms with Crippen molar-refractivity contribution in [1.29, 1.82) is 0 Å². The average Bonchev–Trinajstić information content (AvgIpc) is 2.67. The Kier molecular flexibility index (Phi) is 11.2. The monoisotopic (exact) mass is 378 g/mol. The van der Waals surface area contributed by atoms with Crippen LogP contribution in [0.4, 0.5) is 0 Å². The molecule has 0 amide bonds. The third-order valence-electron chi connectivity index (χ3n) is 3.91. The Morgan fingerprint density at radius 2 is 1.58 bits per heavy atom. The van der Waals surface area contributed by atoms with Crippen molar-refractivity contribution in [3.8, 4) is 11.5 Å². The summed E-state index contributed by atoms with van der Waals surface area (Å²) in [7, 11) is 0. The predicted octanol–water partition coefficient (Wildman–Crippen LogP) is 2.15. The maximum absolute atomic E-state index is 8.95. The number of alkyl halides is 2. The molecule has 0 bridgehead atoms. The van der Waals surface area contributed by atoms with Gasteiger partial charge in [0.05, 0.1) is 6.61 Å². The Labute approximate surface area is 155 Å². The molecule has 138 valence electrons. The lowest BCUT2D eigenvalue weighted by Crippen LogP contribution is -2.51. The maximum Gasteiger partial charge on any atom is 0.161 e. The van der Waals surface area contributed by atoms with E-state index in [0.717, 1.165) is 50.8 Å². The smallest absolute Gasteiger partial charge is 0.161 e. The molecule has 7 heteroatoms. The van der Waals surface area contributed by atoms with Crippen molar-refractivity contribution in [2.45, 2.75) is 6.10 Å². The predicted molar refractivity (Wildman–Crippen MR) is 99.9 cm³/mol. The number of nitrogens with zero attached hydrogens (tertiary/aromatic N) is 2. The van der Waals surface area contributed by atoms with Gasteiger partial charge in [0.15, 0.2) is 11.5 Å². The number of hydrogen-bond acceptors (Lipinski definition) is 5. The molecule has 1 fully saturated rings. The van der Waals surface area contributed by atoms with Crippen molar-refractivity contribution < 1.29 is 14.6 Å². The van der Waals surface area contributed by atoms with E-state index in [0.29, 0.717) is 6.61 Å². The summed E-state index contributed by atoms with van der Waals surface area (Å²) in [6.07, 6.45) is 3.05. The van der Waals surface area contributed by atoms with Crippen molar-refractivity contribution in [3.05, 3.63) is 24.3 Å². The molecule has 0 saturated carbocycles. The molecular formula is C17H28Cl2N2O3. The van der Waals surface area contributed by atoms with Crippen LogP contribution < -0.4 is 9.47 Å². The van der Waals surface area contributed by atoms with E-state index in [9.17, 15) is 0 Å². The molecule has 1 saturated heterocycles. The van der Waals surface area contributed by atoms with Gasteiger partial charge in [-0.1, -0.05) is 12.1 Å². The summed E-state index contributed by atoms with van der Waals surface area (Å²) in [6.45, 7) is 6.65. The minimum absolute atomic E-state index is 0.106. The summed E-state index contributed by atoms with van der Waals surface area (Å²) in [4.78, 5) is 4.71. The van der Waals surface area contributed by atoms with Gasteiger partial charge >= 0.3 is 0 Å². The number of benzene rings is 1. The lowest BCUT2D eigenvalue weighted by Gasteiger charge is -2.37. The number of para-hydroxylation sites is 2. The SMILES string of the molecule is CCl.CCl.OCCN1CCN(CC2COc3ccccc3O2)CC1. The third kappa shape index (κ3) is 6.65. The first-order chi connectivity index (χ1) is 11.8. The first-order valence-corrected chi connectivity index (χ1v) is 9.56. The fraction of sp³-hybridized carbons (Fsp3) is 0.647. The zero-order chi connectivity index (χ0) is 17.8. The van der Waals surface area contributed by atoms with Gasteiger partial charge in [-0.25, -0.2) is 0 Å². The van der Waals surface area contributed by atoms with Crippen molar-refractivity contribution in [2.75, 3.05) is 65.2 Å². The number of halogens is 2. The largest absolute Gasteiger partial charge is 0.486 e. The van der Waals surface area contributed by atoms with E-state index in [1.54, 1.807) is 0 Å². The number of aliphatic hydroxyl groups is 1. The number of fused-ring (bicyclic) bond motifs is 1. The van der Waals surface area contributed by atoms with E-state index in [2.05, 4.69) is 33.0 Å². The lowest BCUT2D eigenvalue weighted by molar-refractivity contribution is 0.0377. The molecule has 2 aliphatic heterocycles. The second kappa shape index (κ2) is 12.6. The zero-order valence-corrected chi connectivity index (χ0v) is 16.0. The molecule has 2 aliphatic rings. The molecule has 1 aromatic rings. The number of β-amino-alcohol motifs (C(OH)–C–C–N with tert-alkyl or cyclic N) is 1. The van der Waals surface area contributed by atoms with Crippen molar-refractivity contribution in [1.82, 2.24) is 9.80 Å². The highest BCUT2D eigenvalue weighted by atomic mass is 35.5. The Morgan fingerprint density at radius 1 is 1.00 bits per heavy atom. The van der Waals surface area contributed by atoms with Crippen molar-refractivity contribution in [2.24, 2.45) is 0 Å². The number of aliphatic hydroxyl groups excluding tert-OH is 1. The van der Waals surface area contributed by atoms with E-state index in [4.69, 9.17) is 14.6 Å². The topological polar surface area (TPSA) is 45.2 Å². The van der Waals surface area contributed by atoms with Gasteiger partial charge < -0.3 is 14.6 Å². The van der Waals surface area contributed by atoms with Crippen molar-refractivity contribution in [3.63, 3.8) is 0 Å². The number of piperazine rings is 1. The Bertz CT molecular complexity index is 444. The summed E-state index contributed by atoms with van der Waals surface area (Å²) >= 11 is 9.28. The summed E-state index contributed by atoms with van der Waals surface area (Å²) in [5.74, 6) is 1.69. The molecule has 2 heterocycles. The summed E-state index contributed by atoms with van der Waals surface area (Å²) in [5, 5.41) is 8.95. The maximum atomic E-state index is 8.95. The Hall–Kier alpha value is -0.720. The van der Waals surface area contributed by atoms with Crippen LogP contribution in [0.3, 0.4) is 0 Å². The lowest BCUT2D eigenvalue weighted by atomic mass is 10.2. The van der Waals surface area contributed by atoms with E-state index in [1.807, 2.05) is 24.3 Å². The van der Waals surface area contributed by atoms with E-state index < -0.39 is 0 Å². The Morgan fingerprint density at radius 3 is 2.21 bits per heavy atom. The highest BCUT2D eigenvalue weighted by Crippen LogP contribution is 2.31. The molecule has 3 rings (SSSR count). The van der Waals surface area contributed by atoms with E-state index in [-0.39, 0.29) is 12.7 Å². The van der Waals surface area contributed by atoms with Crippen LogP contribution in [-0.4, -0.2) is 86.3 Å². The zero-order valence-electron chi connectivity index (χ0n) is 14.5. The third-order valence-corrected chi connectivity index (χ3v) is 3.91. The van der Waals surface area contributed by atoms with Gasteiger partial charge in [0.1, 0.15) is 12.7 Å². The van der Waals surface area contributed by atoms with E-state index in [1.165, 1.54) is 12.8 Å². The van der Waals surface area contributed by atoms with Gasteiger partial charge in [-0.05, 0) is 12.1 Å². The van der Waals surface area contributed by atoms with Crippen LogP contribution >= 0.6 is 23.2 Å². The van der Waals surface area contributed by atoms with E-state index >= 15 is 0 Å². The number of rotatable bonds is 4. The van der Waals surface area contributed by atoms with Crippen LogP contribution in [0.5, 0.6) is 11.5 Å². The van der Waals surface area contributed by atoms with Gasteiger partial charge in [0, 0.05) is 52.0 Å². The van der Waals surface area contributed by atoms with Gasteiger partial charge in [-0.2, -0.15) is 0 Å². The number of hydrogen-bond donors (Lipinski definition) is 1. The molecule has 1 unspecified atom stereocenters. The summed E-state index contributed by atoms with van der Waals surface area (Å²) in [6, 6.07) is 7.83. The molecule has 0 radical (unpaired) electrons. The molecular weight excluding hydrogens is 351 g/mol. The van der Waals surface area contributed by atoms with Crippen LogP contribution in [0.2, 0.25) is 0 Å². The van der Waals surface area contributed by atoms with Crippen LogP contribution in [0, 0.1) is 0 Å². The molecule has 1 atom stereocenters. The summed E-state index contributed by atoms with van der Waals surface area (Å²) < 4.78 is 11.7. The molecule has 24 heavy (non-hydrogen) atoms. The first-order valence-electron chi connectivity index (χ1n) is 8.05. The normalized spacial score (nSPS) is 20.3. The molecule has 0 aliphatic carbocycles. The first kappa shape index (κ1) is 21.3. The number of ether oxygens (including phenoxy) is 2. The van der Waals surface area contributed by atoms with Gasteiger partial charge in [0.2, 0.25) is 0 Å². The molecule has 0 aromatic heterocycles. The van der Waals surface area contributed by atoms with Crippen LogP contribution in [0.1, 0.15) is 0 Å². The summed E-state index contributed by atoms with van der Waals surface area (Å²) in [5.41, 5.74) is 0. The van der Waals surface area contributed by atoms with Gasteiger partial charge in [0.25, 0.3) is 0 Å². The van der Waals surface area contributed by atoms with Crippen LogP contribution in [0.25, 0.3) is 0 Å². The quantitative estimate of drug-likeness (QED) is 0.813. The minimum Gasteiger partial charge on any atom is -0.486 e. The highest BCUT2D eigenvalue weighted by Gasteiger charge is 2.25. The Balaban J connectivity index is 0.000000671. The fourth-order valence-electron chi connectivity index (χ4n) is 2.78. The van der Waals surface area contributed by atoms with Gasteiger partial charge in [-0.15, -0.1) is 23.2 Å². The van der Waals surface area contributed by atoms with Crippen LogP contribution in [-0.2, 0) is 0 Å². The molecule has 1 N–H and O–H groups in total. The average molecular weight is 379 g/mol. The second-order valence-corrected chi connectivity index (χ2v) is 5.36. The highest BCUT2D eigenvalue weighted by molar-refractivity contribution is 6.15. The minimum atomic E-state index is 0.106. The van der Waals surface area contributed by atoms with Gasteiger partial charge in [-0.3, -0.25) is 9.80 Å². The second-order valence-electron chi connectivity index (χ2n) is 5.36. The molecule has 5 nitrogen and oxygen atoms in total. The standard InChI is InChI=1S/C15H22N2O3.2CH3Cl/c18-10-9-16-5-7-17(8-6-16)11-13-12-19-14-3-1-2-4-15(14)20-13;2*1-2/h1-4,13,18H,5-12H2;2*1H3. The van der Waals surface area contributed by atoms with Crippen molar-refractivity contribution >= 4 is 23.2 Å². The molecule has 0 spiro atoms. The molecule has 1 aromatic carbocycles. The van der Waals surface area contributed by atoms with Crippen LogP contribution in [0.15, 0.2) is 24.3 Å². The fourth-order valence-corrected chi connectivity index (χ4v) is 2.78.